The molecule has 2 bridgehead atoms. The maximum Gasteiger partial charge on any atom is 0.319 e. The van der Waals surface area contributed by atoms with Gasteiger partial charge in [0.2, 0.25) is 11.8 Å². The van der Waals surface area contributed by atoms with E-state index in [4.69, 9.17) is 25.4 Å². The molecule has 0 spiro atoms. The predicted molar refractivity (Wildman–Crippen MR) is 294 cm³/mol. The molecule has 7 aromatic rings. The maximum atomic E-state index is 17.1. The van der Waals surface area contributed by atoms with Crippen molar-refractivity contribution >= 4 is 39.3 Å². The topological polar surface area (TPSA) is 171 Å². The number of nitrogens with one attached hydrogen (secondary N) is 2. The van der Waals surface area contributed by atoms with Crippen LogP contribution in [-0.4, -0.2) is 117 Å². The van der Waals surface area contributed by atoms with Crippen LogP contribution in [0.3, 0.4) is 0 Å². The van der Waals surface area contributed by atoms with E-state index in [-0.39, 0.29) is 98.3 Å². The zero-order chi connectivity index (χ0) is 56.9. The number of aromatic hydroxyl groups is 1. The predicted octanol–water partition coefficient (Wildman–Crippen LogP) is 9.99. The average Bonchev–Trinajstić information content (AvgIpc) is 4.25. The van der Waals surface area contributed by atoms with E-state index in [1.165, 1.54) is 42.6 Å². The molecule has 0 radical (unpaired) electrons. The molecule has 7 heterocycles. The van der Waals surface area contributed by atoms with E-state index in [0.29, 0.717) is 85.7 Å². The molecule has 4 aliphatic heterocycles. The number of carbonyl (C=O) groups excluding carboxylic acids is 2. The molecule has 4 fully saturated rings. The van der Waals surface area contributed by atoms with E-state index in [1.54, 1.807) is 30.0 Å². The van der Waals surface area contributed by atoms with Gasteiger partial charge in [-0.1, -0.05) is 57.0 Å². The smallest absolute Gasteiger partial charge is 0.319 e. The molecule has 2 amide bonds. The number of anilines is 1. The summed E-state index contributed by atoms with van der Waals surface area (Å²) >= 11 is 0. The van der Waals surface area contributed by atoms with Crippen molar-refractivity contribution in [1.82, 2.24) is 40.5 Å². The average molecular weight is 1110 g/mol. The fourth-order valence-corrected chi connectivity index (χ4v) is 12.1. The van der Waals surface area contributed by atoms with E-state index >= 15 is 8.78 Å². The number of piperidine rings is 1. The third-order valence-electron chi connectivity index (χ3n) is 16.5. The van der Waals surface area contributed by atoms with Crippen LogP contribution in [0.1, 0.15) is 95.1 Å². The quantitative estimate of drug-likeness (QED) is 0.0618. The second kappa shape index (κ2) is 22.6. The van der Waals surface area contributed by atoms with Gasteiger partial charge in [0.25, 0.3) is 5.88 Å². The van der Waals surface area contributed by atoms with Crippen molar-refractivity contribution in [3.8, 4) is 52.4 Å². The number of nitrogens with zero attached hydrogens (tertiary/aromatic N) is 7. The van der Waals surface area contributed by atoms with Crippen LogP contribution in [0.5, 0.6) is 17.6 Å². The molecule has 5 atom stereocenters. The molecule has 4 aliphatic rings. The Labute approximate surface area is 465 Å². The number of hydrogen-bond donors (Lipinski definition) is 3. The standard InChI is InChI=1S/C61H62F5N9O6/c1-6-42-45(63)16-13-37-24-41(76)27-43(52(37)42)55-54(66)56-44(29-67-55)57(74-30-39-14-15-40(31-74)69-39)71-60(70-56)79-23-22-73-20-17-61(5,18-21-73)32-80-50-28-49(81-72-50)51(33(2)3)59(78)75-19-7-8-48(75)58(77)68-34(4)35-9-11-36(12-10-35)53-46(64)25-38(62)26-47(53)65/h1,9-13,16,24-29,33-34,39-40,48,51,69,76H,7-8,14-15,17-23,30-32H2,2-5H3,(H,68,77)/t34-,39?,40?,48-,51+/m0/s1. The summed E-state index contributed by atoms with van der Waals surface area (Å²) in [5.74, 6) is -2.72. The maximum absolute atomic E-state index is 17.1. The highest BCUT2D eigenvalue weighted by atomic mass is 19.2. The first-order chi connectivity index (χ1) is 38.9. The lowest BCUT2D eigenvalue weighted by Crippen LogP contribution is -2.51. The lowest BCUT2D eigenvalue weighted by Gasteiger charge is -2.38. The molecule has 0 aliphatic carbocycles. The van der Waals surface area contributed by atoms with Crippen LogP contribution < -0.4 is 25.0 Å². The normalized spacial score (nSPS) is 19.7. The molecule has 20 heteroatoms. The Morgan fingerprint density at radius 1 is 0.914 bits per heavy atom. The molecular weight excluding hydrogens is 1050 g/mol. The Bertz CT molecular complexity index is 3550. The number of piperazine rings is 1. The van der Waals surface area contributed by atoms with Crippen molar-refractivity contribution in [3.05, 3.63) is 119 Å². The van der Waals surface area contributed by atoms with Gasteiger partial charge in [-0.3, -0.25) is 19.5 Å². The monoisotopic (exact) mass is 1110 g/mol. The van der Waals surface area contributed by atoms with Crippen molar-refractivity contribution < 1.29 is 50.6 Å². The minimum absolute atomic E-state index is 0.00106. The first kappa shape index (κ1) is 55.0. The summed E-state index contributed by atoms with van der Waals surface area (Å²) in [6.45, 7) is 12.0. The van der Waals surface area contributed by atoms with Crippen LogP contribution >= 0.6 is 0 Å². The Balaban J connectivity index is 0.707. The molecule has 3 aromatic heterocycles. The minimum atomic E-state index is -1.02. The molecule has 0 saturated carbocycles. The van der Waals surface area contributed by atoms with E-state index in [1.807, 2.05) is 13.8 Å². The number of benzene rings is 4. The number of ether oxygens (including phenoxy) is 2. The van der Waals surface area contributed by atoms with Crippen LogP contribution in [0.2, 0.25) is 0 Å². The summed E-state index contributed by atoms with van der Waals surface area (Å²) in [6.07, 6.45) is 12.0. The number of phenols is 1. The van der Waals surface area contributed by atoms with Crippen molar-refractivity contribution in [2.24, 2.45) is 11.3 Å². The number of aromatic nitrogens is 4. The van der Waals surface area contributed by atoms with E-state index in [0.717, 1.165) is 38.8 Å². The highest BCUT2D eigenvalue weighted by molar-refractivity contribution is 6.03. The van der Waals surface area contributed by atoms with Gasteiger partial charge in [0.15, 0.2) is 11.6 Å². The van der Waals surface area contributed by atoms with Crippen molar-refractivity contribution in [2.45, 2.75) is 96.3 Å². The van der Waals surface area contributed by atoms with Crippen LogP contribution in [0.4, 0.5) is 27.8 Å². The molecule has 81 heavy (non-hydrogen) atoms. The Morgan fingerprint density at radius 2 is 1.64 bits per heavy atom. The molecule has 3 N–H and O–H groups in total. The van der Waals surface area contributed by atoms with Gasteiger partial charge in [-0.2, -0.15) is 9.97 Å². The van der Waals surface area contributed by atoms with Gasteiger partial charge in [0.05, 0.1) is 29.2 Å². The fraction of sp³-hybridized carbons (Fsp3) is 0.410. The fourth-order valence-electron chi connectivity index (χ4n) is 12.1. The number of terminal acetylenes is 1. The van der Waals surface area contributed by atoms with Gasteiger partial charge in [-0.05, 0) is 104 Å². The van der Waals surface area contributed by atoms with E-state index in [2.05, 4.69) is 48.4 Å². The third kappa shape index (κ3) is 11.2. The van der Waals surface area contributed by atoms with Gasteiger partial charge >= 0.3 is 6.01 Å². The lowest BCUT2D eigenvalue weighted by atomic mass is 9.81. The molecule has 422 valence electrons. The zero-order valence-corrected chi connectivity index (χ0v) is 45.4. The van der Waals surface area contributed by atoms with Crippen molar-refractivity contribution in [2.75, 3.05) is 57.4 Å². The Morgan fingerprint density at radius 3 is 2.35 bits per heavy atom. The number of hydrogen-bond acceptors (Lipinski definition) is 13. The molecular formula is C61H62F5N9O6. The number of rotatable bonds is 16. The molecule has 4 aromatic carbocycles. The van der Waals surface area contributed by atoms with Gasteiger partial charge in [0.1, 0.15) is 64.6 Å². The Kier molecular flexibility index (Phi) is 15.3. The van der Waals surface area contributed by atoms with Gasteiger partial charge in [-0.15, -0.1) is 6.42 Å². The third-order valence-corrected chi connectivity index (χ3v) is 16.5. The number of halogens is 5. The lowest BCUT2D eigenvalue weighted by molar-refractivity contribution is -0.141. The van der Waals surface area contributed by atoms with E-state index < -0.39 is 47.1 Å². The summed E-state index contributed by atoms with van der Waals surface area (Å²) in [5.41, 5.74) is 0.197. The number of carbonyl (C=O) groups is 2. The van der Waals surface area contributed by atoms with Crippen LogP contribution in [0, 0.1) is 52.8 Å². The van der Waals surface area contributed by atoms with Crippen LogP contribution in [-0.2, 0) is 9.59 Å². The van der Waals surface area contributed by atoms with E-state index in [9.17, 15) is 27.9 Å². The summed E-state index contributed by atoms with van der Waals surface area (Å²) in [6, 6.07) is 13.9. The molecule has 11 rings (SSSR count). The second-order valence-electron chi connectivity index (χ2n) is 22.6. The summed E-state index contributed by atoms with van der Waals surface area (Å²) in [7, 11) is 0. The number of amides is 2. The summed E-state index contributed by atoms with van der Waals surface area (Å²) in [5, 5.41) is 22.6. The number of pyridine rings is 1. The number of likely N-dealkylation sites (tertiary alicyclic amines) is 2. The largest absolute Gasteiger partial charge is 0.508 e. The highest BCUT2D eigenvalue weighted by Gasteiger charge is 2.41. The number of phenolic OH excluding ortho intramolecular Hbond substituents is 1. The van der Waals surface area contributed by atoms with Crippen LogP contribution in [0.25, 0.3) is 44.1 Å². The van der Waals surface area contributed by atoms with Crippen molar-refractivity contribution in [3.63, 3.8) is 0 Å². The second-order valence-corrected chi connectivity index (χ2v) is 22.6. The van der Waals surface area contributed by atoms with Crippen molar-refractivity contribution in [1.29, 1.82) is 0 Å². The van der Waals surface area contributed by atoms with Crippen LogP contribution in [0.15, 0.2) is 77.4 Å². The molecule has 15 nitrogen and oxygen atoms in total. The molecule has 2 unspecified atom stereocenters. The van der Waals surface area contributed by atoms with Gasteiger partial charge in [0, 0.05) is 79.0 Å². The highest BCUT2D eigenvalue weighted by Crippen LogP contribution is 2.41. The first-order valence-electron chi connectivity index (χ1n) is 27.5. The summed E-state index contributed by atoms with van der Waals surface area (Å²) in [4.78, 5) is 48.1. The summed E-state index contributed by atoms with van der Waals surface area (Å²) < 4.78 is 92.9. The van der Waals surface area contributed by atoms with Gasteiger partial charge < -0.3 is 39.5 Å². The van der Waals surface area contributed by atoms with Gasteiger partial charge in [-0.25, -0.2) is 22.0 Å². The number of fused-ring (bicyclic) bond motifs is 4. The molecule has 4 saturated heterocycles. The SMILES string of the molecule is C#Cc1c(F)ccc2cc(O)cc(-c3ncc4c(N5CC6CCC(C5)N6)nc(OCCN5CCC(C)(COc6cc([C@H](C(=O)N7CCC[C@H]7C(=O)N[C@@H](C)c7ccc(-c8c(F)cc(F)cc8F)cc7)C(C)C)on6)CC5)nc4c3F)c12. The first-order valence-corrected chi connectivity index (χ1v) is 27.5. The Hall–Kier alpha value is -7.89. The zero-order valence-electron chi connectivity index (χ0n) is 45.4. The minimum Gasteiger partial charge on any atom is -0.508 e.